The van der Waals surface area contributed by atoms with Crippen molar-refractivity contribution < 1.29 is 19.0 Å². The molecule has 1 N–H and O–H groups in total. The van der Waals surface area contributed by atoms with E-state index in [1.807, 2.05) is 6.07 Å². The number of ketones is 1. The lowest BCUT2D eigenvalue weighted by Crippen LogP contribution is -2.34. The normalized spacial score (nSPS) is 24.1. The summed E-state index contributed by atoms with van der Waals surface area (Å²) in [6.07, 6.45) is 2.78. The second-order valence-corrected chi connectivity index (χ2v) is 7.58. The molecule has 0 aromatic heterocycles. The second-order valence-electron chi connectivity index (χ2n) is 5.08. The first kappa shape index (κ1) is 15.4. The van der Waals surface area contributed by atoms with E-state index in [0.717, 1.165) is 12.8 Å². The monoisotopic (exact) mass is 296 g/mol. The van der Waals surface area contributed by atoms with Crippen molar-refractivity contribution in [3.63, 3.8) is 0 Å². The number of carbonyl (C=O) groups is 1. The third-order valence-electron chi connectivity index (χ3n) is 3.75. The van der Waals surface area contributed by atoms with Crippen LogP contribution in [0, 0.1) is 5.92 Å². The molecule has 0 radical (unpaired) electrons. The maximum Gasteiger partial charge on any atom is 0.260 e. The van der Waals surface area contributed by atoms with E-state index < -0.39 is 19.1 Å². The highest BCUT2D eigenvalue weighted by molar-refractivity contribution is 7.67. The molecule has 1 saturated carbocycles. The van der Waals surface area contributed by atoms with E-state index in [1.54, 1.807) is 31.2 Å². The number of hydrogen-bond donors (Lipinski definition) is 1. The number of carbonyl (C=O) groups excluding carboxylic acids is 1. The molecule has 2 rings (SSSR count). The van der Waals surface area contributed by atoms with Crippen LogP contribution < -0.4 is 5.30 Å². The summed E-state index contributed by atoms with van der Waals surface area (Å²) in [5, 5.41) is 11.0. The summed E-state index contributed by atoms with van der Waals surface area (Å²) >= 11 is 0. The summed E-state index contributed by atoms with van der Waals surface area (Å²) in [5.74, 6) is -1.81. The Hall–Kier alpha value is -0.960. The molecule has 20 heavy (non-hydrogen) atoms. The molecule has 0 saturated heterocycles. The Morgan fingerprint density at radius 1 is 1.35 bits per heavy atom. The molecule has 1 aromatic rings. The van der Waals surface area contributed by atoms with Gasteiger partial charge < -0.3 is 9.63 Å². The van der Waals surface area contributed by atoms with Crippen LogP contribution in [0.25, 0.3) is 0 Å². The second kappa shape index (κ2) is 6.66. The maximum absolute atomic E-state index is 13.1. The Morgan fingerprint density at radius 2 is 2.05 bits per heavy atom. The summed E-state index contributed by atoms with van der Waals surface area (Å²) < 4.78 is 18.6. The van der Waals surface area contributed by atoms with Crippen LogP contribution in [-0.2, 0) is 13.9 Å². The molecular formula is C15H21O4P. The maximum atomic E-state index is 13.1. The van der Waals surface area contributed by atoms with Crippen LogP contribution in [-0.4, -0.2) is 23.3 Å². The highest BCUT2D eigenvalue weighted by Gasteiger charge is 2.43. The number of aliphatic hydroxyl groups is 1. The summed E-state index contributed by atoms with van der Waals surface area (Å²) in [6.45, 7) is 1.98. The van der Waals surface area contributed by atoms with Gasteiger partial charge in [-0.15, -0.1) is 0 Å². The van der Waals surface area contributed by atoms with Crippen molar-refractivity contribution in [1.82, 2.24) is 0 Å². The molecule has 0 spiro atoms. The van der Waals surface area contributed by atoms with Gasteiger partial charge in [0.2, 0.25) is 0 Å². The zero-order valence-electron chi connectivity index (χ0n) is 11.7. The van der Waals surface area contributed by atoms with Crippen molar-refractivity contribution >= 4 is 18.5 Å². The molecule has 0 aliphatic heterocycles. The Morgan fingerprint density at radius 3 is 2.65 bits per heavy atom. The van der Waals surface area contributed by atoms with Crippen LogP contribution in [0.4, 0.5) is 0 Å². The van der Waals surface area contributed by atoms with E-state index in [0.29, 0.717) is 18.1 Å². The van der Waals surface area contributed by atoms with Crippen molar-refractivity contribution in [3.8, 4) is 0 Å². The number of rotatable bonds is 5. The first-order valence-corrected chi connectivity index (χ1v) is 8.79. The van der Waals surface area contributed by atoms with Crippen molar-refractivity contribution in [3.05, 3.63) is 30.3 Å². The fourth-order valence-corrected chi connectivity index (χ4v) is 5.06. The average Bonchev–Trinajstić information content (AvgIpc) is 2.48. The lowest BCUT2D eigenvalue weighted by atomic mass is 9.88. The third kappa shape index (κ3) is 3.03. The van der Waals surface area contributed by atoms with Gasteiger partial charge in [-0.2, -0.15) is 0 Å². The fraction of sp³-hybridized carbons (Fsp3) is 0.533. The van der Waals surface area contributed by atoms with E-state index in [1.165, 1.54) is 0 Å². The SMILES string of the molecule is CCO[P@@](=O)(c1ccccc1)[C@H](O)[C@@H]1CCCCC1=O. The molecule has 0 bridgehead atoms. The first-order valence-electron chi connectivity index (χ1n) is 7.10. The molecular weight excluding hydrogens is 275 g/mol. The largest absolute Gasteiger partial charge is 0.382 e. The van der Waals surface area contributed by atoms with Gasteiger partial charge in [-0.05, 0) is 31.9 Å². The Bertz CT molecular complexity index is 500. The summed E-state index contributed by atoms with van der Waals surface area (Å²) in [6, 6.07) is 8.71. The van der Waals surface area contributed by atoms with Crippen molar-refractivity contribution in [1.29, 1.82) is 0 Å². The van der Waals surface area contributed by atoms with E-state index in [2.05, 4.69) is 0 Å². The molecule has 3 atom stereocenters. The third-order valence-corrected chi connectivity index (χ3v) is 6.46. The summed E-state index contributed by atoms with van der Waals surface area (Å²) in [5.41, 5.74) is 0. The standard InChI is InChI=1S/C15H21O4P/c1-2-19-20(18,12-8-4-3-5-9-12)15(17)13-10-6-7-11-14(13)16/h3-5,8-9,13,15,17H,2,6-7,10-11H2,1H3/t13-,15+,20+/m1/s1. The van der Waals surface area contributed by atoms with Gasteiger partial charge in [0.1, 0.15) is 11.6 Å². The predicted octanol–water partition coefficient (Wildman–Crippen LogP) is 2.70. The van der Waals surface area contributed by atoms with Crippen LogP contribution >= 0.6 is 7.37 Å². The van der Waals surface area contributed by atoms with Crippen molar-refractivity contribution in [2.24, 2.45) is 5.92 Å². The van der Waals surface area contributed by atoms with Gasteiger partial charge in [-0.3, -0.25) is 9.36 Å². The zero-order valence-corrected chi connectivity index (χ0v) is 12.6. The van der Waals surface area contributed by atoms with E-state index in [-0.39, 0.29) is 12.4 Å². The van der Waals surface area contributed by atoms with Crippen LogP contribution in [0.5, 0.6) is 0 Å². The van der Waals surface area contributed by atoms with E-state index in [4.69, 9.17) is 4.52 Å². The zero-order chi connectivity index (χ0) is 14.6. The highest BCUT2D eigenvalue weighted by Crippen LogP contribution is 2.53. The molecule has 0 heterocycles. The minimum atomic E-state index is -3.43. The molecule has 0 unspecified atom stereocenters. The fourth-order valence-electron chi connectivity index (χ4n) is 2.69. The quantitative estimate of drug-likeness (QED) is 0.849. The van der Waals surface area contributed by atoms with Gasteiger partial charge >= 0.3 is 0 Å². The van der Waals surface area contributed by atoms with E-state index >= 15 is 0 Å². The highest BCUT2D eigenvalue weighted by atomic mass is 31.2. The molecule has 110 valence electrons. The van der Waals surface area contributed by atoms with Crippen molar-refractivity contribution in [2.45, 2.75) is 38.5 Å². The Kier molecular flexibility index (Phi) is 5.14. The average molecular weight is 296 g/mol. The lowest BCUT2D eigenvalue weighted by molar-refractivity contribution is -0.126. The molecule has 1 aliphatic carbocycles. The molecule has 4 nitrogen and oxygen atoms in total. The van der Waals surface area contributed by atoms with Crippen LogP contribution in [0.15, 0.2) is 30.3 Å². The van der Waals surface area contributed by atoms with Gasteiger partial charge in [0, 0.05) is 11.7 Å². The van der Waals surface area contributed by atoms with Gasteiger partial charge in [0.05, 0.1) is 12.5 Å². The predicted molar refractivity (Wildman–Crippen MR) is 78.3 cm³/mol. The molecule has 0 amide bonds. The van der Waals surface area contributed by atoms with E-state index in [9.17, 15) is 14.5 Å². The summed E-state index contributed by atoms with van der Waals surface area (Å²) in [7, 11) is -3.43. The van der Waals surface area contributed by atoms with Crippen LogP contribution in [0.1, 0.15) is 32.6 Å². The molecule has 5 heteroatoms. The molecule has 1 fully saturated rings. The number of benzene rings is 1. The minimum absolute atomic E-state index is 0.000362. The lowest BCUT2D eigenvalue weighted by Gasteiger charge is -2.31. The van der Waals surface area contributed by atoms with Gasteiger partial charge in [0.15, 0.2) is 0 Å². The smallest absolute Gasteiger partial charge is 0.260 e. The van der Waals surface area contributed by atoms with Crippen LogP contribution in [0.3, 0.4) is 0 Å². The summed E-state index contributed by atoms with van der Waals surface area (Å²) in [4.78, 5) is 12.0. The van der Waals surface area contributed by atoms with Crippen LogP contribution in [0.2, 0.25) is 0 Å². The van der Waals surface area contributed by atoms with Gasteiger partial charge in [0.25, 0.3) is 7.37 Å². The number of hydrogen-bond acceptors (Lipinski definition) is 4. The Labute approximate surface area is 119 Å². The first-order chi connectivity index (χ1) is 9.59. The molecule has 1 aromatic carbocycles. The van der Waals surface area contributed by atoms with Crippen molar-refractivity contribution in [2.75, 3.05) is 6.61 Å². The van der Waals surface area contributed by atoms with Gasteiger partial charge in [-0.1, -0.05) is 24.6 Å². The topological polar surface area (TPSA) is 63.6 Å². The molecule has 1 aliphatic rings. The number of aliphatic hydroxyl groups excluding tert-OH is 1. The van der Waals surface area contributed by atoms with Gasteiger partial charge in [-0.25, -0.2) is 0 Å². The number of Topliss-reactive ketones (excluding diaryl/α,β-unsaturated/α-hetero) is 1. The minimum Gasteiger partial charge on any atom is -0.382 e. The Balaban J connectivity index is 2.32.